The summed E-state index contributed by atoms with van der Waals surface area (Å²) < 4.78 is 7.39. The van der Waals surface area contributed by atoms with Crippen LogP contribution < -0.4 is 16.0 Å². The van der Waals surface area contributed by atoms with Crippen LogP contribution in [-0.4, -0.2) is 68.5 Å². The molecule has 3 aromatic carbocycles. The van der Waals surface area contributed by atoms with Crippen molar-refractivity contribution in [2.45, 2.75) is 90.2 Å². The SMILES string of the molecule is C[C@H](NC(=O)[C@@H]1CCCN1C(=O)[C@H](Cc1cn(Cc2ccccc2)cn1)NC(=O)OC(C)(C)C)C(=O)N[C@@H](C)c1cccc2ccccc12. The summed E-state index contributed by atoms with van der Waals surface area (Å²) in [6.07, 6.45) is 3.95. The first-order chi connectivity index (χ1) is 23.4. The Hall–Kier alpha value is -5.19. The topological polar surface area (TPSA) is 135 Å². The van der Waals surface area contributed by atoms with E-state index in [1.165, 1.54) is 4.90 Å². The summed E-state index contributed by atoms with van der Waals surface area (Å²) in [6, 6.07) is 20.9. The predicted molar refractivity (Wildman–Crippen MR) is 187 cm³/mol. The number of alkyl carbamates (subject to hydrolysis) is 1. The van der Waals surface area contributed by atoms with E-state index in [2.05, 4.69) is 20.9 Å². The zero-order valence-electron chi connectivity index (χ0n) is 28.8. The van der Waals surface area contributed by atoms with Crippen LogP contribution in [0.15, 0.2) is 85.3 Å². The van der Waals surface area contributed by atoms with E-state index in [0.717, 1.165) is 21.9 Å². The van der Waals surface area contributed by atoms with Gasteiger partial charge in [0.25, 0.3) is 0 Å². The molecular formula is C38H46N6O5. The quantitative estimate of drug-likeness (QED) is 0.209. The maximum Gasteiger partial charge on any atom is 0.408 e. The van der Waals surface area contributed by atoms with Crippen molar-refractivity contribution in [3.63, 3.8) is 0 Å². The number of hydrogen-bond donors (Lipinski definition) is 3. The van der Waals surface area contributed by atoms with Crippen LogP contribution in [0.3, 0.4) is 0 Å². The summed E-state index contributed by atoms with van der Waals surface area (Å²) >= 11 is 0. The molecule has 11 nitrogen and oxygen atoms in total. The van der Waals surface area contributed by atoms with Crippen molar-refractivity contribution in [3.05, 3.63) is 102 Å². The molecule has 11 heteroatoms. The fourth-order valence-corrected chi connectivity index (χ4v) is 6.17. The molecular weight excluding hydrogens is 620 g/mol. The Bertz CT molecular complexity index is 1780. The van der Waals surface area contributed by atoms with Crippen molar-refractivity contribution >= 4 is 34.6 Å². The molecule has 2 heterocycles. The first-order valence-corrected chi connectivity index (χ1v) is 16.8. The summed E-state index contributed by atoms with van der Waals surface area (Å²) in [6.45, 7) is 9.72. The molecule has 258 valence electrons. The standard InChI is InChI=1S/C38H46N6O5/c1-25(30-18-11-16-28-15-9-10-17-31(28)30)40-34(45)26(2)41-35(46)33-19-12-20-44(33)36(47)32(42-37(48)49-38(3,4)5)21-29-23-43(24-39-29)22-27-13-7-6-8-14-27/h6-11,13-18,23-26,32-33H,12,19-22H2,1-5H3,(H,40,45)(H,41,46)(H,42,48)/t25-,26-,32-,33-/m0/s1. The summed E-state index contributed by atoms with van der Waals surface area (Å²) in [5.74, 6) is -1.17. The molecule has 4 aromatic rings. The minimum Gasteiger partial charge on any atom is -0.444 e. The predicted octanol–water partition coefficient (Wildman–Crippen LogP) is 4.89. The van der Waals surface area contributed by atoms with Crippen LogP contribution in [0.5, 0.6) is 0 Å². The van der Waals surface area contributed by atoms with Crippen molar-refractivity contribution in [2.24, 2.45) is 0 Å². The van der Waals surface area contributed by atoms with Gasteiger partial charge in [-0.3, -0.25) is 14.4 Å². The zero-order chi connectivity index (χ0) is 35.1. The number of imidazole rings is 1. The van der Waals surface area contributed by atoms with Gasteiger partial charge in [-0.2, -0.15) is 0 Å². The third-order valence-corrected chi connectivity index (χ3v) is 8.54. The summed E-state index contributed by atoms with van der Waals surface area (Å²) in [5, 5.41) is 10.7. The first kappa shape index (κ1) is 35.1. The van der Waals surface area contributed by atoms with Gasteiger partial charge in [-0.05, 0) is 69.4 Å². The Labute approximate surface area is 287 Å². The highest BCUT2D eigenvalue weighted by Crippen LogP contribution is 2.24. The Balaban J connectivity index is 1.25. The molecule has 1 aliphatic rings. The van der Waals surface area contributed by atoms with Crippen molar-refractivity contribution in [1.82, 2.24) is 30.4 Å². The molecule has 1 aliphatic heterocycles. The number of carbonyl (C=O) groups excluding carboxylic acids is 4. The molecule has 0 aliphatic carbocycles. The number of nitrogens with one attached hydrogen (secondary N) is 3. The van der Waals surface area contributed by atoms with Crippen LogP contribution >= 0.6 is 0 Å². The van der Waals surface area contributed by atoms with E-state index in [1.807, 2.05) is 90.5 Å². The minimum atomic E-state index is -1.02. The number of aromatic nitrogens is 2. The van der Waals surface area contributed by atoms with E-state index >= 15 is 0 Å². The molecule has 1 saturated heterocycles. The number of carbonyl (C=O) groups is 4. The van der Waals surface area contributed by atoms with Crippen molar-refractivity contribution < 1.29 is 23.9 Å². The van der Waals surface area contributed by atoms with Gasteiger partial charge in [0.2, 0.25) is 17.7 Å². The summed E-state index contributed by atoms with van der Waals surface area (Å²) in [5.41, 5.74) is 1.91. The highest BCUT2D eigenvalue weighted by molar-refractivity contribution is 5.94. The van der Waals surface area contributed by atoms with E-state index < -0.39 is 41.6 Å². The molecule has 0 bridgehead atoms. The molecule has 3 N–H and O–H groups in total. The van der Waals surface area contributed by atoms with Gasteiger partial charge in [0, 0.05) is 25.7 Å². The second kappa shape index (κ2) is 15.4. The lowest BCUT2D eigenvalue weighted by molar-refractivity contribution is -0.140. The largest absolute Gasteiger partial charge is 0.444 e. The van der Waals surface area contributed by atoms with Crippen LogP contribution in [0.2, 0.25) is 0 Å². The first-order valence-electron chi connectivity index (χ1n) is 16.8. The number of amides is 4. The average Bonchev–Trinajstić information content (AvgIpc) is 3.73. The minimum absolute atomic E-state index is 0.107. The lowest BCUT2D eigenvalue weighted by Crippen LogP contribution is -2.56. The fraction of sp³-hybridized carbons (Fsp3) is 0.395. The molecule has 0 spiro atoms. The second-order valence-electron chi connectivity index (χ2n) is 13.6. The Morgan fingerprint density at radius 3 is 2.39 bits per heavy atom. The maximum atomic E-state index is 14.1. The van der Waals surface area contributed by atoms with Crippen molar-refractivity contribution in [1.29, 1.82) is 0 Å². The van der Waals surface area contributed by atoms with Crippen LogP contribution in [0.25, 0.3) is 10.8 Å². The molecule has 4 amide bonds. The molecule has 0 radical (unpaired) electrons. The van der Waals surface area contributed by atoms with Crippen LogP contribution in [0.4, 0.5) is 4.79 Å². The number of rotatable bonds is 11. The highest BCUT2D eigenvalue weighted by Gasteiger charge is 2.39. The van der Waals surface area contributed by atoms with Gasteiger partial charge in [-0.15, -0.1) is 0 Å². The molecule has 0 unspecified atom stereocenters. The lowest BCUT2D eigenvalue weighted by atomic mass is 9.99. The van der Waals surface area contributed by atoms with Gasteiger partial charge >= 0.3 is 6.09 Å². The monoisotopic (exact) mass is 666 g/mol. The van der Waals surface area contributed by atoms with Gasteiger partial charge in [0.05, 0.1) is 18.1 Å². The Morgan fingerprint density at radius 2 is 1.63 bits per heavy atom. The number of hydrogen-bond acceptors (Lipinski definition) is 6. The third kappa shape index (κ3) is 9.25. The number of fused-ring (bicyclic) bond motifs is 1. The number of benzene rings is 3. The molecule has 1 fully saturated rings. The van der Waals surface area contributed by atoms with Crippen LogP contribution in [0, 0.1) is 0 Å². The lowest BCUT2D eigenvalue weighted by Gasteiger charge is -2.30. The molecule has 1 aromatic heterocycles. The average molecular weight is 667 g/mol. The molecule has 5 rings (SSSR count). The Morgan fingerprint density at radius 1 is 0.918 bits per heavy atom. The van der Waals surface area contributed by atoms with Crippen molar-refractivity contribution in [2.75, 3.05) is 6.54 Å². The van der Waals surface area contributed by atoms with E-state index in [9.17, 15) is 19.2 Å². The third-order valence-electron chi connectivity index (χ3n) is 8.54. The highest BCUT2D eigenvalue weighted by atomic mass is 16.6. The number of nitrogens with zero attached hydrogens (tertiary/aromatic N) is 3. The molecule has 49 heavy (non-hydrogen) atoms. The zero-order valence-corrected chi connectivity index (χ0v) is 28.8. The van der Waals surface area contributed by atoms with Crippen molar-refractivity contribution in [3.8, 4) is 0 Å². The Kier molecular flexibility index (Phi) is 11.0. The van der Waals surface area contributed by atoms with Crippen LogP contribution in [0.1, 0.15) is 70.3 Å². The van der Waals surface area contributed by atoms with Gasteiger partial charge in [-0.25, -0.2) is 9.78 Å². The van der Waals surface area contributed by atoms with Crippen LogP contribution in [-0.2, 0) is 32.1 Å². The summed E-state index contributed by atoms with van der Waals surface area (Å²) in [7, 11) is 0. The summed E-state index contributed by atoms with van der Waals surface area (Å²) in [4.78, 5) is 59.7. The fourth-order valence-electron chi connectivity index (χ4n) is 6.17. The van der Waals surface area contributed by atoms with E-state index in [4.69, 9.17) is 4.74 Å². The number of likely N-dealkylation sites (tertiary alicyclic amines) is 1. The number of ether oxygens (including phenoxy) is 1. The smallest absolute Gasteiger partial charge is 0.408 e. The normalized spacial score (nSPS) is 16.4. The van der Waals surface area contributed by atoms with E-state index in [-0.39, 0.29) is 18.4 Å². The second-order valence-corrected chi connectivity index (χ2v) is 13.6. The van der Waals surface area contributed by atoms with E-state index in [1.54, 1.807) is 34.0 Å². The molecule has 0 saturated carbocycles. The van der Waals surface area contributed by atoms with Gasteiger partial charge in [0.15, 0.2) is 0 Å². The molecule has 4 atom stereocenters. The van der Waals surface area contributed by atoms with Gasteiger partial charge in [-0.1, -0.05) is 72.8 Å². The van der Waals surface area contributed by atoms with E-state index in [0.29, 0.717) is 31.6 Å². The van der Waals surface area contributed by atoms with Gasteiger partial charge in [0.1, 0.15) is 23.7 Å². The maximum absolute atomic E-state index is 14.1. The van der Waals surface area contributed by atoms with Gasteiger partial charge < -0.3 is 30.2 Å².